The quantitative estimate of drug-likeness (QED) is 0.0728. The Morgan fingerprint density at radius 1 is 0.714 bits per heavy atom. The molecule has 1 fully saturated rings. The number of hydrogen-bond acceptors (Lipinski definition) is 8. The first kappa shape index (κ1) is 39.2. The van der Waals surface area contributed by atoms with Crippen LogP contribution in [0.2, 0.25) is 0 Å². The molecule has 1 heterocycles. The minimum absolute atomic E-state index is 0.135. The van der Waals surface area contributed by atoms with Gasteiger partial charge in [0.1, 0.15) is 24.4 Å². The maximum Gasteiger partial charge on any atom is 0.220 e. The summed E-state index contributed by atoms with van der Waals surface area (Å²) in [6.07, 6.45) is 15.7. The fourth-order valence-corrected chi connectivity index (χ4v) is 5.57. The van der Waals surface area contributed by atoms with Crippen molar-refractivity contribution >= 4 is 5.91 Å². The molecule has 9 nitrogen and oxygen atoms in total. The van der Waals surface area contributed by atoms with E-state index in [2.05, 4.69) is 19.2 Å². The zero-order chi connectivity index (χ0) is 31.0. The summed E-state index contributed by atoms with van der Waals surface area (Å²) in [4.78, 5) is 12.8. The van der Waals surface area contributed by atoms with Gasteiger partial charge in [0, 0.05) is 6.42 Å². The number of carbonyl (C=O) groups is 1. The Kier molecular flexibility index (Phi) is 23.8. The molecule has 1 rings (SSSR count). The van der Waals surface area contributed by atoms with E-state index in [9.17, 15) is 30.3 Å². The monoisotopic (exact) mass is 603 g/mol. The van der Waals surface area contributed by atoms with Gasteiger partial charge < -0.3 is 40.3 Å². The van der Waals surface area contributed by atoms with Crippen molar-refractivity contribution in [2.24, 2.45) is 0 Å². The molecule has 0 spiro atoms. The zero-order valence-electron chi connectivity index (χ0n) is 26.8. The molecule has 1 aliphatic rings. The second-order valence-corrected chi connectivity index (χ2v) is 12.3. The Hall–Kier alpha value is -0.810. The molecule has 0 aromatic carbocycles. The molecule has 250 valence electrons. The minimum Gasteiger partial charge on any atom is -0.394 e. The number of aliphatic hydroxyl groups excluding tert-OH is 5. The molecule has 7 atom stereocenters. The van der Waals surface area contributed by atoms with Crippen molar-refractivity contribution in [3.05, 3.63) is 0 Å². The smallest absolute Gasteiger partial charge is 0.220 e. The summed E-state index contributed by atoms with van der Waals surface area (Å²) in [5.74, 6) is -0.150. The number of carbonyl (C=O) groups excluding carboxylic acids is 1. The van der Waals surface area contributed by atoms with Crippen molar-refractivity contribution in [3.8, 4) is 0 Å². The summed E-state index contributed by atoms with van der Waals surface area (Å²) < 4.78 is 11.1. The SMILES string of the molecule is CCCCCCCCCCCCCCCC(=O)NC(COC1OC(CO)C(O)C(O)C1O)C(O)CCCCCCCC. The summed E-state index contributed by atoms with van der Waals surface area (Å²) >= 11 is 0. The summed E-state index contributed by atoms with van der Waals surface area (Å²) in [6.45, 7) is 3.73. The first-order valence-electron chi connectivity index (χ1n) is 17.2. The van der Waals surface area contributed by atoms with Gasteiger partial charge in [-0.15, -0.1) is 0 Å². The Labute approximate surface area is 255 Å². The molecule has 0 aromatic heterocycles. The van der Waals surface area contributed by atoms with Crippen LogP contribution in [-0.2, 0) is 14.3 Å². The van der Waals surface area contributed by atoms with Crippen LogP contribution in [0.15, 0.2) is 0 Å². The lowest BCUT2D eigenvalue weighted by molar-refractivity contribution is -0.302. The number of aliphatic hydroxyl groups is 5. The number of nitrogens with one attached hydrogen (secondary N) is 1. The van der Waals surface area contributed by atoms with Crippen molar-refractivity contribution in [2.75, 3.05) is 13.2 Å². The van der Waals surface area contributed by atoms with E-state index in [0.717, 1.165) is 38.5 Å². The molecule has 0 radical (unpaired) electrons. The highest BCUT2D eigenvalue weighted by atomic mass is 16.7. The molecule has 6 N–H and O–H groups in total. The maximum atomic E-state index is 12.8. The summed E-state index contributed by atoms with van der Waals surface area (Å²) in [5, 5.41) is 53.6. The molecule has 7 unspecified atom stereocenters. The van der Waals surface area contributed by atoms with E-state index >= 15 is 0 Å². The van der Waals surface area contributed by atoms with Crippen LogP contribution in [0.25, 0.3) is 0 Å². The molecule has 0 bridgehead atoms. The fraction of sp³-hybridized carbons (Fsp3) is 0.970. The normalized spacial score (nSPS) is 24.0. The van der Waals surface area contributed by atoms with Gasteiger partial charge in [-0.05, 0) is 12.8 Å². The van der Waals surface area contributed by atoms with E-state index in [4.69, 9.17) is 9.47 Å². The standard InChI is InChI=1S/C33H65NO8/c1-3-5-7-9-11-12-13-14-15-16-17-19-21-23-29(37)34-26(27(36)22-20-18-10-8-6-4-2)25-41-33-32(40)31(39)30(38)28(24-35)42-33/h26-28,30-33,35-36,38-40H,3-25H2,1-2H3,(H,34,37). The third-order valence-corrected chi connectivity index (χ3v) is 8.46. The van der Waals surface area contributed by atoms with Gasteiger partial charge in [0.15, 0.2) is 6.29 Å². The average molecular weight is 604 g/mol. The van der Waals surface area contributed by atoms with Crippen LogP contribution in [0.3, 0.4) is 0 Å². The third kappa shape index (κ3) is 17.5. The highest BCUT2D eigenvalue weighted by molar-refractivity contribution is 5.76. The van der Waals surface area contributed by atoms with E-state index in [1.54, 1.807) is 0 Å². The highest BCUT2D eigenvalue weighted by Crippen LogP contribution is 2.23. The van der Waals surface area contributed by atoms with E-state index < -0.39 is 49.5 Å². The first-order valence-corrected chi connectivity index (χ1v) is 17.2. The zero-order valence-corrected chi connectivity index (χ0v) is 26.8. The number of unbranched alkanes of at least 4 members (excludes halogenated alkanes) is 17. The van der Waals surface area contributed by atoms with Gasteiger partial charge in [0.25, 0.3) is 0 Å². The molecular formula is C33H65NO8. The Balaban J connectivity index is 2.41. The molecule has 9 heteroatoms. The third-order valence-electron chi connectivity index (χ3n) is 8.46. The van der Waals surface area contributed by atoms with E-state index in [-0.39, 0.29) is 12.5 Å². The summed E-state index contributed by atoms with van der Waals surface area (Å²) in [7, 11) is 0. The molecule has 0 saturated carbocycles. The molecule has 0 aliphatic carbocycles. The van der Waals surface area contributed by atoms with Crippen molar-refractivity contribution in [3.63, 3.8) is 0 Å². The lowest BCUT2D eigenvalue weighted by Crippen LogP contribution is -2.60. The fourth-order valence-electron chi connectivity index (χ4n) is 5.57. The minimum atomic E-state index is -1.54. The Bertz CT molecular complexity index is 637. The van der Waals surface area contributed by atoms with Crippen molar-refractivity contribution in [1.29, 1.82) is 0 Å². The Morgan fingerprint density at radius 3 is 1.69 bits per heavy atom. The van der Waals surface area contributed by atoms with E-state index in [0.29, 0.717) is 12.8 Å². The van der Waals surface area contributed by atoms with Crippen molar-refractivity contribution in [2.45, 2.75) is 192 Å². The molecular weight excluding hydrogens is 538 g/mol. The van der Waals surface area contributed by atoms with Crippen LogP contribution >= 0.6 is 0 Å². The number of ether oxygens (including phenoxy) is 2. The van der Waals surface area contributed by atoms with Crippen molar-refractivity contribution in [1.82, 2.24) is 5.32 Å². The van der Waals surface area contributed by atoms with Gasteiger partial charge >= 0.3 is 0 Å². The molecule has 1 aliphatic heterocycles. The number of amides is 1. The van der Waals surface area contributed by atoms with Gasteiger partial charge in [0.05, 0.1) is 25.4 Å². The van der Waals surface area contributed by atoms with Gasteiger partial charge in [-0.25, -0.2) is 0 Å². The average Bonchev–Trinajstić information content (AvgIpc) is 2.98. The highest BCUT2D eigenvalue weighted by Gasteiger charge is 2.44. The second-order valence-electron chi connectivity index (χ2n) is 12.3. The van der Waals surface area contributed by atoms with Crippen LogP contribution in [0.4, 0.5) is 0 Å². The predicted molar refractivity (Wildman–Crippen MR) is 166 cm³/mol. The molecule has 1 saturated heterocycles. The van der Waals surface area contributed by atoms with E-state index in [1.165, 1.54) is 83.5 Å². The van der Waals surface area contributed by atoms with Crippen LogP contribution in [0.5, 0.6) is 0 Å². The number of hydrogen-bond donors (Lipinski definition) is 6. The van der Waals surface area contributed by atoms with Gasteiger partial charge in [-0.1, -0.05) is 129 Å². The maximum absolute atomic E-state index is 12.8. The topological polar surface area (TPSA) is 149 Å². The lowest BCUT2D eigenvalue weighted by Gasteiger charge is -2.40. The van der Waals surface area contributed by atoms with Crippen LogP contribution in [-0.4, -0.2) is 87.5 Å². The largest absolute Gasteiger partial charge is 0.394 e. The molecule has 0 aromatic rings. The van der Waals surface area contributed by atoms with Crippen LogP contribution in [0, 0.1) is 0 Å². The Morgan fingerprint density at radius 2 is 1.19 bits per heavy atom. The lowest BCUT2D eigenvalue weighted by atomic mass is 9.99. The van der Waals surface area contributed by atoms with Crippen LogP contribution < -0.4 is 5.32 Å². The molecule has 1 amide bonds. The van der Waals surface area contributed by atoms with Crippen LogP contribution in [0.1, 0.15) is 149 Å². The van der Waals surface area contributed by atoms with E-state index in [1.807, 2.05) is 0 Å². The summed E-state index contributed by atoms with van der Waals surface area (Å²) in [5.41, 5.74) is 0. The summed E-state index contributed by atoms with van der Waals surface area (Å²) in [6, 6.07) is -0.706. The second kappa shape index (κ2) is 25.5. The van der Waals surface area contributed by atoms with Crippen molar-refractivity contribution < 1.29 is 39.8 Å². The molecule has 42 heavy (non-hydrogen) atoms. The predicted octanol–water partition coefficient (Wildman–Crippen LogP) is 4.88. The van der Waals surface area contributed by atoms with Gasteiger partial charge in [-0.2, -0.15) is 0 Å². The number of rotatable bonds is 27. The van der Waals surface area contributed by atoms with Gasteiger partial charge in [-0.3, -0.25) is 4.79 Å². The first-order chi connectivity index (χ1) is 20.3. The van der Waals surface area contributed by atoms with Gasteiger partial charge in [0.2, 0.25) is 5.91 Å².